The maximum atomic E-state index is 11.6. The Bertz CT molecular complexity index is 1080. The Morgan fingerprint density at radius 3 is 2.86 bits per heavy atom. The van der Waals surface area contributed by atoms with Crippen molar-refractivity contribution in [3.8, 4) is 0 Å². The second-order valence-electron chi connectivity index (χ2n) is 7.69. The molecule has 4 rings (SSSR count). The van der Waals surface area contributed by atoms with E-state index in [-0.39, 0.29) is 5.82 Å². The number of hydrogen-bond donors (Lipinski definition) is 2. The van der Waals surface area contributed by atoms with Crippen molar-refractivity contribution in [3.63, 3.8) is 0 Å². The van der Waals surface area contributed by atoms with E-state index in [2.05, 4.69) is 50.3 Å². The molecule has 0 bridgehead atoms. The van der Waals surface area contributed by atoms with Crippen molar-refractivity contribution in [1.82, 2.24) is 20.3 Å². The van der Waals surface area contributed by atoms with Gasteiger partial charge < -0.3 is 16.0 Å². The first-order valence-electron chi connectivity index (χ1n) is 9.90. The molecule has 2 aromatic heterocycles. The molecule has 0 aliphatic carbocycles. The van der Waals surface area contributed by atoms with E-state index in [1.807, 2.05) is 26.1 Å². The Balaban J connectivity index is 1.50. The van der Waals surface area contributed by atoms with Gasteiger partial charge in [0.1, 0.15) is 5.82 Å². The van der Waals surface area contributed by atoms with Crippen LogP contribution in [0.1, 0.15) is 39.4 Å². The summed E-state index contributed by atoms with van der Waals surface area (Å²) in [6.45, 7) is 8.47. The van der Waals surface area contributed by atoms with E-state index in [1.165, 1.54) is 11.1 Å². The van der Waals surface area contributed by atoms with E-state index in [9.17, 15) is 4.79 Å². The van der Waals surface area contributed by atoms with Crippen molar-refractivity contribution in [3.05, 3.63) is 58.7 Å². The number of carbonyl (C=O) groups excluding carboxylic acids is 1. The van der Waals surface area contributed by atoms with Crippen molar-refractivity contribution in [2.75, 3.05) is 18.0 Å². The summed E-state index contributed by atoms with van der Waals surface area (Å²) in [5.74, 6) is 0.290. The summed E-state index contributed by atoms with van der Waals surface area (Å²) in [6.07, 6.45) is 2.85. The zero-order valence-electron chi connectivity index (χ0n) is 17.1. The minimum Gasteiger partial charge on any atom is -0.363 e. The highest BCUT2D eigenvalue weighted by atomic mass is 16.1. The van der Waals surface area contributed by atoms with Crippen LogP contribution in [0.3, 0.4) is 0 Å². The molecule has 0 unspecified atom stereocenters. The molecule has 3 N–H and O–H groups in total. The first kappa shape index (κ1) is 19.3. The molecule has 1 aliphatic heterocycles. The largest absolute Gasteiger partial charge is 0.363 e. The standard InChI is InChI=1S/C22H26N6O/c1-13-6-7-16-5-4-9-24-19(16)18(13)11-25-17-8-10-28(12-17)22-14(2)15(3)26-21(27-22)20(23)29/h4-7,9,17,25H,8,10-12H2,1-3H3,(H2,23,29)/t17-/m1/s1. The van der Waals surface area contributed by atoms with Crippen LogP contribution in [-0.4, -0.2) is 40.0 Å². The van der Waals surface area contributed by atoms with Crippen molar-refractivity contribution >= 4 is 22.6 Å². The van der Waals surface area contributed by atoms with Crippen molar-refractivity contribution in [1.29, 1.82) is 0 Å². The maximum absolute atomic E-state index is 11.6. The molecular formula is C22H26N6O. The van der Waals surface area contributed by atoms with Gasteiger partial charge in [0.05, 0.1) is 5.52 Å². The van der Waals surface area contributed by atoms with E-state index in [4.69, 9.17) is 5.73 Å². The summed E-state index contributed by atoms with van der Waals surface area (Å²) < 4.78 is 0. The number of aromatic nitrogens is 3. The Hall–Kier alpha value is -3.06. The molecule has 0 saturated carbocycles. The maximum Gasteiger partial charge on any atom is 0.286 e. The van der Waals surface area contributed by atoms with Gasteiger partial charge in [-0.2, -0.15) is 0 Å². The third-order valence-corrected chi connectivity index (χ3v) is 5.75. The van der Waals surface area contributed by atoms with Gasteiger partial charge in [-0.3, -0.25) is 9.78 Å². The highest BCUT2D eigenvalue weighted by molar-refractivity contribution is 5.89. The zero-order valence-corrected chi connectivity index (χ0v) is 17.1. The van der Waals surface area contributed by atoms with E-state index < -0.39 is 5.91 Å². The second-order valence-corrected chi connectivity index (χ2v) is 7.69. The van der Waals surface area contributed by atoms with Gasteiger partial charge in [0.15, 0.2) is 0 Å². The van der Waals surface area contributed by atoms with Crippen molar-refractivity contribution in [2.45, 2.75) is 39.8 Å². The Kier molecular flexibility index (Phi) is 5.15. The average molecular weight is 390 g/mol. The predicted octanol–water partition coefficient (Wildman–Crippen LogP) is 2.42. The highest BCUT2D eigenvalue weighted by Crippen LogP contribution is 2.25. The number of benzene rings is 1. The summed E-state index contributed by atoms with van der Waals surface area (Å²) in [7, 11) is 0. The SMILES string of the molecule is Cc1ccc2cccnc2c1CN[C@@H]1CCN(c2nc(C(N)=O)nc(C)c2C)C1. The molecule has 1 atom stereocenters. The molecule has 1 aromatic carbocycles. The molecule has 1 fully saturated rings. The van der Waals surface area contributed by atoms with Crippen LogP contribution in [0, 0.1) is 20.8 Å². The zero-order chi connectivity index (χ0) is 20.5. The highest BCUT2D eigenvalue weighted by Gasteiger charge is 2.26. The third kappa shape index (κ3) is 3.78. The number of anilines is 1. The lowest BCUT2D eigenvalue weighted by atomic mass is 10.0. The number of primary amides is 1. The number of amides is 1. The minimum absolute atomic E-state index is 0.0805. The van der Waals surface area contributed by atoms with Crippen LogP contribution in [0.2, 0.25) is 0 Å². The lowest BCUT2D eigenvalue weighted by molar-refractivity contribution is 0.0990. The quantitative estimate of drug-likeness (QED) is 0.694. The van der Waals surface area contributed by atoms with Crippen LogP contribution < -0.4 is 16.0 Å². The topological polar surface area (TPSA) is 97.0 Å². The number of nitrogens with zero attached hydrogens (tertiary/aromatic N) is 4. The first-order valence-corrected chi connectivity index (χ1v) is 9.90. The molecule has 3 aromatic rings. The molecule has 1 aliphatic rings. The summed E-state index contributed by atoms with van der Waals surface area (Å²) in [5.41, 5.74) is 10.7. The lowest BCUT2D eigenvalue weighted by Gasteiger charge is -2.21. The predicted molar refractivity (Wildman–Crippen MR) is 114 cm³/mol. The summed E-state index contributed by atoms with van der Waals surface area (Å²) in [4.78, 5) is 27.0. The second kappa shape index (κ2) is 7.75. The summed E-state index contributed by atoms with van der Waals surface area (Å²) in [5, 5.41) is 4.85. The van der Waals surface area contributed by atoms with Crippen molar-refractivity contribution in [2.24, 2.45) is 5.73 Å². The number of carbonyl (C=O) groups is 1. The molecule has 150 valence electrons. The monoisotopic (exact) mass is 390 g/mol. The first-order chi connectivity index (χ1) is 13.9. The van der Waals surface area contributed by atoms with Crippen LogP contribution in [0.15, 0.2) is 30.5 Å². The lowest BCUT2D eigenvalue weighted by Crippen LogP contribution is -2.33. The van der Waals surface area contributed by atoms with E-state index in [1.54, 1.807) is 0 Å². The van der Waals surface area contributed by atoms with Gasteiger partial charge in [-0.15, -0.1) is 0 Å². The van der Waals surface area contributed by atoms with E-state index in [0.29, 0.717) is 6.04 Å². The molecule has 7 heteroatoms. The van der Waals surface area contributed by atoms with Crippen LogP contribution >= 0.6 is 0 Å². The van der Waals surface area contributed by atoms with Gasteiger partial charge in [-0.25, -0.2) is 9.97 Å². The normalized spacial score (nSPS) is 16.5. The Labute approximate surface area is 170 Å². The molecule has 1 saturated heterocycles. The third-order valence-electron chi connectivity index (χ3n) is 5.75. The van der Waals surface area contributed by atoms with Crippen LogP contribution in [0.5, 0.6) is 0 Å². The van der Waals surface area contributed by atoms with Gasteiger partial charge >= 0.3 is 0 Å². The molecule has 1 amide bonds. The number of rotatable bonds is 5. The minimum atomic E-state index is -0.595. The number of pyridine rings is 1. The van der Waals surface area contributed by atoms with Gasteiger partial charge in [-0.05, 0) is 44.4 Å². The molecule has 0 spiro atoms. The fourth-order valence-corrected chi connectivity index (χ4v) is 3.93. The van der Waals surface area contributed by atoms with Gasteiger partial charge in [0.25, 0.3) is 5.91 Å². The molecule has 3 heterocycles. The number of fused-ring (bicyclic) bond motifs is 1. The fourth-order valence-electron chi connectivity index (χ4n) is 3.93. The van der Waals surface area contributed by atoms with Gasteiger partial charge in [-0.1, -0.05) is 18.2 Å². The molecule has 29 heavy (non-hydrogen) atoms. The molecule has 0 radical (unpaired) electrons. The Morgan fingerprint density at radius 1 is 1.24 bits per heavy atom. The molecular weight excluding hydrogens is 364 g/mol. The fraction of sp³-hybridized carbons (Fsp3) is 0.364. The van der Waals surface area contributed by atoms with Gasteiger partial charge in [0.2, 0.25) is 5.82 Å². The van der Waals surface area contributed by atoms with E-state index in [0.717, 1.165) is 54.0 Å². The average Bonchev–Trinajstić information content (AvgIpc) is 3.17. The number of nitrogens with two attached hydrogens (primary N) is 1. The van der Waals surface area contributed by atoms with Crippen LogP contribution in [0.25, 0.3) is 10.9 Å². The summed E-state index contributed by atoms with van der Waals surface area (Å²) in [6, 6.07) is 8.67. The number of hydrogen-bond acceptors (Lipinski definition) is 6. The summed E-state index contributed by atoms with van der Waals surface area (Å²) >= 11 is 0. The van der Waals surface area contributed by atoms with E-state index >= 15 is 0 Å². The van der Waals surface area contributed by atoms with Crippen molar-refractivity contribution < 1.29 is 4.79 Å². The molecule has 7 nitrogen and oxygen atoms in total. The number of nitrogens with one attached hydrogen (secondary N) is 1. The Morgan fingerprint density at radius 2 is 2.07 bits per heavy atom. The van der Waals surface area contributed by atoms with Crippen LogP contribution in [-0.2, 0) is 6.54 Å². The van der Waals surface area contributed by atoms with Gasteiger partial charge in [0, 0.05) is 48.5 Å². The van der Waals surface area contributed by atoms with Crippen LogP contribution in [0.4, 0.5) is 5.82 Å². The smallest absolute Gasteiger partial charge is 0.286 e. The number of aryl methyl sites for hydroxylation is 2.